The summed E-state index contributed by atoms with van der Waals surface area (Å²) >= 11 is 0. The average molecular weight is 332 g/mol. The normalized spacial score (nSPS) is 21.4. The maximum absolute atomic E-state index is 12.0. The SMILES string of the molecule is COc1ccc(C2=C/C(=C3/C(=O)C=C(C)OC3=O)SS2)cc1. The monoisotopic (exact) mass is 332 g/mol. The van der Waals surface area contributed by atoms with Gasteiger partial charge in [-0.3, -0.25) is 4.79 Å². The molecule has 4 nitrogen and oxygen atoms in total. The Morgan fingerprint density at radius 1 is 1.05 bits per heavy atom. The van der Waals surface area contributed by atoms with Gasteiger partial charge in [0, 0.05) is 15.9 Å². The fraction of sp³-hybridized carbons (Fsp3) is 0.125. The third kappa shape index (κ3) is 2.84. The highest BCUT2D eigenvalue weighted by atomic mass is 33.1. The summed E-state index contributed by atoms with van der Waals surface area (Å²) in [4.78, 5) is 25.6. The van der Waals surface area contributed by atoms with E-state index in [0.29, 0.717) is 10.7 Å². The van der Waals surface area contributed by atoms with Gasteiger partial charge >= 0.3 is 5.97 Å². The molecule has 0 saturated carbocycles. The Balaban J connectivity index is 1.95. The number of rotatable bonds is 2. The van der Waals surface area contributed by atoms with E-state index < -0.39 is 5.97 Å². The number of allylic oxidation sites excluding steroid dienone is 3. The lowest BCUT2D eigenvalue weighted by atomic mass is 10.1. The van der Waals surface area contributed by atoms with Crippen molar-refractivity contribution in [2.24, 2.45) is 0 Å². The first-order valence-corrected chi connectivity index (χ1v) is 8.63. The molecule has 0 N–H and O–H groups in total. The van der Waals surface area contributed by atoms with Gasteiger partial charge in [-0.25, -0.2) is 4.79 Å². The fourth-order valence-electron chi connectivity index (χ4n) is 2.06. The lowest BCUT2D eigenvalue weighted by molar-refractivity contribution is -0.137. The molecule has 1 aromatic rings. The van der Waals surface area contributed by atoms with Crippen molar-refractivity contribution in [3.05, 3.63) is 58.2 Å². The number of cyclic esters (lactones) is 1. The Morgan fingerprint density at radius 3 is 2.41 bits per heavy atom. The van der Waals surface area contributed by atoms with Crippen LogP contribution in [0.1, 0.15) is 12.5 Å². The maximum atomic E-state index is 12.0. The molecule has 0 amide bonds. The fourth-order valence-corrected chi connectivity index (χ4v) is 4.52. The molecule has 0 saturated heterocycles. The zero-order valence-corrected chi connectivity index (χ0v) is 13.5. The number of carbonyl (C=O) groups excluding carboxylic acids is 2. The summed E-state index contributed by atoms with van der Waals surface area (Å²) in [6, 6.07) is 7.63. The average Bonchev–Trinajstić information content (AvgIpc) is 2.96. The third-order valence-corrected chi connectivity index (χ3v) is 5.59. The van der Waals surface area contributed by atoms with Gasteiger partial charge in [0.05, 0.1) is 7.11 Å². The van der Waals surface area contributed by atoms with Crippen LogP contribution in [0.25, 0.3) is 4.91 Å². The smallest absolute Gasteiger partial charge is 0.348 e. The van der Waals surface area contributed by atoms with Crippen LogP contribution in [0.2, 0.25) is 0 Å². The molecule has 1 aromatic carbocycles. The van der Waals surface area contributed by atoms with Crippen LogP contribution in [0.5, 0.6) is 5.75 Å². The quantitative estimate of drug-likeness (QED) is 0.356. The van der Waals surface area contributed by atoms with Crippen molar-refractivity contribution >= 4 is 38.2 Å². The summed E-state index contributed by atoms with van der Waals surface area (Å²) in [5.41, 5.74) is 1.11. The molecule has 0 radical (unpaired) electrons. The molecule has 0 fully saturated rings. The Kier molecular flexibility index (Phi) is 4.13. The second kappa shape index (κ2) is 6.06. The maximum Gasteiger partial charge on any atom is 0.348 e. The molecular weight excluding hydrogens is 320 g/mol. The van der Waals surface area contributed by atoms with Crippen LogP contribution in [-0.4, -0.2) is 18.9 Å². The predicted molar refractivity (Wildman–Crippen MR) is 88.0 cm³/mol. The van der Waals surface area contributed by atoms with Crippen molar-refractivity contribution in [2.45, 2.75) is 6.92 Å². The Bertz CT molecular complexity index is 742. The Labute approximate surface area is 135 Å². The molecule has 2 aliphatic rings. The first kappa shape index (κ1) is 15.0. The highest BCUT2D eigenvalue weighted by Gasteiger charge is 2.30. The van der Waals surface area contributed by atoms with Crippen molar-refractivity contribution in [2.75, 3.05) is 7.11 Å². The van der Waals surface area contributed by atoms with Crippen LogP contribution in [0.4, 0.5) is 0 Å². The zero-order chi connectivity index (χ0) is 15.7. The molecule has 0 aliphatic carbocycles. The summed E-state index contributed by atoms with van der Waals surface area (Å²) < 4.78 is 10.2. The number of ketones is 1. The minimum Gasteiger partial charge on any atom is -0.497 e. The molecule has 0 unspecified atom stereocenters. The topological polar surface area (TPSA) is 52.6 Å². The van der Waals surface area contributed by atoms with E-state index in [1.165, 1.54) is 27.7 Å². The molecule has 0 spiro atoms. The minimum absolute atomic E-state index is 0.103. The molecule has 112 valence electrons. The van der Waals surface area contributed by atoms with Gasteiger partial charge in [-0.05, 0) is 30.7 Å². The number of benzene rings is 1. The van der Waals surface area contributed by atoms with Crippen molar-refractivity contribution in [1.82, 2.24) is 0 Å². The first-order chi connectivity index (χ1) is 10.6. The molecule has 22 heavy (non-hydrogen) atoms. The van der Waals surface area contributed by atoms with E-state index >= 15 is 0 Å². The van der Waals surface area contributed by atoms with Gasteiger partial charge < -0.3 is 9.47 Å². The standard InChI is InChI=1S/C16H12O4S2/c1-9-7-12(17)15(16(18)20-9)14-8-13(21-22-14)10-3-5-11(19-2)6-4-10/h3-8H,1-2H3/b15-14+. The summed E-state index contributed by atoms with van der Waals surface area (Å²) in [6.45, 7) is 1.59. The molecule has 0 aromatic heterocycles. The minimum atomic E-state index is -0.583. The van der Waals surface area contributed by atoms with Crippen LogP contribution in [-0.2, 0) is 14.3 Å². The van der Waals surface area contributed by atoms with Crippen LogP contribution < -0.4 is 4.74 Å². The second-order valence-corrected chi connectivity index (χ2v) is 6.86. The van der Waals surface area contributed by atoms with Gasteiger partial charge in [-0.15, -0.1) is 0 Å². The second-order valence-electron chi connectivity index (χ2n) is 4.65. The molecular formula is C16H12O4S2. The zero-order valence-electron chi connectivity index (χ0n) is 11.9. The molecule has 0 bridgehead atoms. The summed E-state index contributed by atoms with van der Waals surface area (Å²) in [7, 11) is 4.52. The van der Waals surface area contributed by atoms with Crippen molar-refractivity contribution in [3.63, 3.8) is 0 Å². The van der Waals surface area contributed by atoms with Crippen LogP contribution in [0.15, 0.2) is 52.7 Å². The van der Waals surface area contributed by atoms with Crippen molar-refractivity contribution in [1.29, 1.82) is 0 Å². The van der Waals surface area contributed by atoms with Crippen molar-refractivity contribution in [3.8, 4) is 5.75 Å². The highest BCUT2D eigenvalue weighted by Crippen LogP contribution is 2.51. The van der Waals surface area contributed by atoms with Crippen LogP contribution >= 0.6 is 21.6 Å². The molecule has 6 heteroatoms. The van der Waals surface area contributed by atoms with Crippen LogP contribution in [0, 0.1) is 0 Å². The molecule has 3 rings (SSSR count). The number of methoxy groups -OCH3 is 1. The number of ether oxygens (including phenoxy) is 2. The number of carbonyl (C=O) groups is 2. The van der Waals surface area contributed by atoms with Crippen LogP contribution in [0.3, 0.4) is 0 Å². The number of hydrogen-bond donors (Lipinski definition) is 0. The summed E-state index contributed by atoms with van der Waals surface area (Å²) in [5.74, 6) is 0.226. The van der Waals surface area contributed by atoms with E-state index in [-0.39, 0.29) is 11.4 Å². The van der Waals surface area contributed by atoms with Gasteiger partial charge in [-0.1, -0.05) is 33.7 Å². The van der Waals surface area contributed by atoms with Crippen molar-refractivity contribution < 1.29 is 19.1 Å². The van der Waals surface area contributed by atoms with E-state index in [2.05, 4.69) is 0 Å². The van der Waals surface area contributed by atoms with Gasteiger partial charge in [0.25, 0.3) is 0 Å². The molecule has 2 heterocycles. The largest absolute Gasteiger partial charge is 0.497 e. The lowest BCUT2D eigenvalue weighted by Crippen LogP contribution is -2.20. The van der Waals surface area contributed by atoms with E-state index in [0.717, 1.165) is 16.2 Å². The van der Waals surface area contributed by atoms with E-state index in [1.807, 2.05) is 30.3 Å². The highest BCUT2D eigenvalue weighted by molar-refractivity contribution is 8.82. The summed E-state index contributed by atoms with van der Waals surface area (Å²) in [6.07, 6.45) is 3.19. The molecule has 2 aliphatic heterocycles. The van der Waals surface area contributed by atoms with Gasteiger partial charge in [-0.2, -0.15) is 0 Å². The number of hydrogen-bond acceptors (Lipinski definition) is 6. The predicted octanol–water partition coefficient (Wildman–Crippen LogP) is 3.71. The Hall–Kier alpha value is -1.92. The Morgan fingerprint density at radius 2 is 1.77 bits per heavy atom. The third-order valence-electron chi connectivity index (χ3n) is 3.14. The van der Waals surface area contributed by atoms with E-state index in [9.17, 15) is 9.59 Å². The number of esters is 1. The van der Waals surface area contributed by atoms with E-state index in [4.69, 9.17) is 9.47 Å². The molecule has 0 atom stereocenters. The van der Waals surface area contributed by atoms with Gasteiger partial charge in [0.2, 0.25) is 0 Å². The first-order valence-electron chi connectivity index (χ1n) is 6.48. The lowest BCUT2D eigenvalue weighted by Gasteiger charge is -2.12. The van der Waals surface area contributed by atoms with Gasteiger partial charge in [0.1, 0.15) is 17.1 Å². The van der Waals surface area contributed by atoms with Gasteiger partial charge in [0.15, 0.2) is 5.78 Å². The van der Waals surface area contributed by atoms with E-state index in [1.54, 1.807) is 14.0 Å². The summed E-state index contributed by atoms with van der Waals surface area (Å²) in [5, 5.41) is 0.